The second-order valence-corrected chi connectivity index (χ2v) is 9.51. The topological polar surface area (TPSA) is 105 Å². The molecule has 0 radical (unpaired) electrons. The van der Waals surface area contributed by atoms with Crippen molar-refractivity contribution in [2.24, 2.45) is 0 Å². The summed E-state index contributed by atoms with van der Waals surface area (Å²) in [7, 11) is -4.00. The van der Waals surface area contributed by atoms with Gasteiger partial charge < -0.3 is 5.32 Å². The van der Waals surface area contributed by atoms with Gasteiger partial charge in [-0.1, -0.05) is 36.4 Å². The number of fused-ring (bicyclic) bond motifs is 1. The minimum atomic E-state index is -4.36. The zero-order valence-corrected chi connectivity index (χ0v) is 20.7. The van der Waals surface area contributed by atoms with Crippen molar-refractivity contribution in [2.75, 3.05) is 5.32 Å². The lowest BCUT2D eigenvalue weighted by Crippen LogP contribution is -2.04. The molecule has 7 nitrogen and oxygen atoms in total. The number of hydrogen-bond donors (Lipinski definition) is 2. The SMILES string of the molecule is Cc1c(-c2cc(Nc3ccc(C(F)(F)F)cc3)ncn2)ccc2cccnc12.O=S(=O)(O)c1ccccc1. The summed E-state index contributed by atoms with van der Waals surface area (Å²) in [6.45, 7) is 1.98. The predicted molar refractivity (Wildman–Crippen MR) is 138 cm³/mol. The van der Waals surface area contributed by atoms with Gasteiger partial charge in [0.1, 0.15) is 12.1 Å². The van der Waals surface area contributed by atoms with E-state index in [9.17, 15) is 21.6 Å². The van der Waals surface area contributed by atoms with Gasteiger partial charge in [0.05, 0.1) is 21.7 Å². The summed E-state index contributed by atoms with van der Waals surface area (Å²) in [5.74, 6) is 0.491. The van der Waals surface area contributed by atoms with Crippen LogP contribution in [-0.2, 0) is 16.3 Å². The molecule has 5 aromatic rings. The number of pyridine rings is 1. The van der Waals surface area contributed by atoms with Crippen LogP contribution in [0.1, 0.15) is 11.1 Å². The Hall–Kier alpha value is -4.35. The molecule has 0 spiro atoms. The maximum absolute atomic E-state index is 12.7. The summed E-state index contributed by atoms with van der Waals surface area (Å²) < 4.78 is 67.3. The Labute approximate surface area is 216 Å². The summed E-state index contributed by atoms with van der Waals surface area (Å²) in [6, 6.07) is 21.8. The normalized spacial score (nSPS) is 11.5. The van der Waals surface area contributed by atoms with E-state index in [1.165, 1.54) is 30.6 Å². The molecular formula is C27H21F3N4O3S. The Morgan fingerprint density at radius 1 is 0.842 bits per heavy atom. The van der Waals surface area contributed by atoms with Crippen LogP contribution in [-0.4, -0.2) is 27.9 Å². The fourth-order valence-electron chi connectivity index (χ4n) is 3.62. The third kappa shape index (κ3) is 6.50. The number of rotatable bonds is 4. The van der Waals surface area contributed by atoms with Crippen LogP contribution in [0.2, 0.25) is 0 Å². The predicted octanol–water partition coefficient (Wildman–Crippen LogP) is 6.70. The zero-order valence-electron chi connectivity index (χ0n) is 19.9. The molecule has 0 atom stereocenters. The van der Waals surface area contributed by atoms with E-state index in [0.717, 1.165) is 34.2 Å². The van der Waals surface area contributed by atoms with Gasteiger partial charge in [0.2, 0.25) is 0 Å². The highest BCUT2D eigenvalue weighted by molar-refractivity contribution is 7.85. The van der Waals surface area contributed by atoms with Gasteiger partial charge in [0, 0.05) is 28.9 Å². The van der Waals surface area contributed by atoms with Crippen LogP contribution in [0.25, 0.3) is 22.2 Å². The van der Waals surface area contributed by atoms with Gasteiger partial charge in [0.15, 0.2) is 0 Å². The Bertz CT molecular complexity index is 1660. The lowest BCUT2D eigenvalue weighted by Gasteiger charge is -2.11. The molecule has 0 aliphatic carbocycles. The van der Waals surface area contributed by atoms with E-state index < -0.39 is 21.9 Å². The highest BCUT2D eigenvalue weighted by Crippen LogP contribution is 2.31. The molecule has 2 aromatic heterocycles. The molecule has 2 N–H and O–H groups in total. The number of nitrogens with zero attached hydrogens (tertiary/aromatic N) is 3. The Kier molecular flexibility index (Phi) is 7.70. The van der Waals surface area contributed by atoms with Crippen molar-refractivity contribution in [3.8, 4) is 11.3 Å². The number of aromatic nitrogens is 3. The minimum Gasteiger partial charge on any atom is -0.340 e. The van der Waals surface area contributed by atoms with Gasteiger partial charge in [-0.05, 0) is 55.0 Å². The van der Waals surface area contributed by atoms with E-state index in [1.54, 1.807) is 30.5 Å². The van der Waals surface area contributed by atoms with Crippen molar-refractivity contribution in [2.45, 2.75) is 18.0 Å². The van der Waals surface area contributed by atoms with E-state index in [0.29, 0.717) is 17.2 Å². The van der Waals surface area contributed by atoms with Crippen LogP contribution >= 0.6 is 0 Å². The van der Waals surface area contributed by atoms with Crippen LogP contribution in [0.5, 0.6) is 0 Å². The molecule has 194 valence electrons. The Morgan fingerprint density at radius 3 is 2.18 bits per heavy atom. The minimum absolute atomic E-state index is 0.0741. The van der Waals surface area contributed by atoms with Gasteiger partial charge in [0.25, 0.3) is 10.1 Å². The standard InChI is InChI=1S/C21H15F3N4.C6H6O3S/c1-13-17(9-4-14-3-2-10-25-20(13)14)18-11-19(27-12-26-18)28-16-7-5-15(6-8-16)21(22,23)24;7-10(8,9)6-4-2-1-3-5-6/h2-12H,1H3,(H,26,27,28);1-5H,(H,7,8,9). The molecular weight excluding hydrogens is 517 g/mol. The van der Waals surface area contributed by atoms with Gasteiger partial charge in [-0.3, -0.25) is 9.54 Å². The van der Waals surface area contributed by atoms with Crippen LogP contribution in [0.3, 0.4) is 0 Å². The summed E-state index contributed by atoms with van der Waals surface area (Å²) in [5.41, 5.74) is 3.34. The molecule has 11 heteroatoms. The molecule has 0 bridgehead atoms. The second kappa shape index (κ2) is 11.0. The summed E-state index contributed by atoms with van der Waals surface area (Å²) in [6.07, 6.45) is -1.19. The molecule has 38 heavy (non-hydrogen) atoms. The average molecular weight is 539 g/mol. The van der Waals surface area contributed by atoms with Crippen molar-refractivity contribution < 1.29 is 26.1 Å². The number of nitrogens with one attached hydrogen (secondary N) is 1. The van der Waals surface area contributed by atoms with Gasteiger partial charge in [-0.2, -0.15) is 21.6 Å². The second-order valence-electron chi connectivity index (χ2n) is 8.09. The first-order valence-electron chi connectivity index (χ1n) is 11.2. The molecule has 0 saturated carbocycles. The summed E-state index contributed by atoms with van der Waals surface area (Å²) in [4.78, 5) is 12.9. The van der Waals surface area contributed by atoms with Crippen molar-refractivity contribution in [3.05, 3.63) is 109 Å². The van der Waals surface area contributed by atoms with Crippen molar-refractivity contribution in [3.63, 3.8) is 0 Å². The van der Waals surface area contributed by atoms with Gasteiger partial charge in [-0.15, -0.1) is 0 Å². The number of halogens is 3. The molecule has 0 saturated heterocycles. The lowest BCUT2D eigenvalue weighted by molar-refractivity contribution is -0.137. The molecule has 0 unspecified atom stereocenters. The summed E-state index contributed by atoms with van der Waals surface area (Å²) >= 11 is 0. The summed E-state index contributed by atoms with van der Waals surface area (Å²) in [5, 5.41) is 4.06. The monoisotopic (exact) mass is 538 g/mol. The number of anilines is 2. The van der Waals surface area contributed by atoms with E-state index in [-0.39, 0.29) is 4.90 Å². The fraction of sp³-hybridized carbons (Fsp3) is 0.0741. The number of hydrogen-bond acceptors (Lipinski definition) is 6. The maximum atomic E-state index is 12.7. The van der Waals surface area contributed by atoms with Crippen LogP contribution in [0.15, 0.2) is 102 Å². The average Bonchev–Trinajstić information content (AvgIpc) is 2.89. The Balaban J connectivity index is 0.000000283. The highest BCUT2D eigenvalue weighted by atomic mass is 32.2. The van der Waals surface area contributed by atoms with E-state index in [1.807, 2.05) is 31.2 Å². The first-order valence-corrected chi connectivity index (χ1v) is 12.6. The van der Waals surface area contributed by atoms with Crippen LogP contribution < -0.4 is 5.32 Å². The van der Waals surface area contributed by atoms with Crippen LogP contribution in [0.4, 0.5) is 24.7 Å². The van der Waals surface area contributed by atoms with Gasteiger partial charge in [-0.25, -0.2) is 9.97 Å². The molecule has 0 aliphatic rings. The van der Waals surface area contributed by atoms with Crippen LogP contribution in [0, 0.1) is 6.92 Å². The van der Waals surface area contributed by atoms with E-state index in [4.69, 9.17) is 4.55 Å². The molecule has 5 rings (SSSR count). The third-order valence-electron chi connectivity index (χ3n) is 5.50. The zero-order chi connectivity index (χ0) is 27.3. The van der Waals surface area contributed by atoms with E-state index in [2.05, 4.69) is 20.3 Å². The number of benzene rings is 3. The van der Waals surface area contributed by atoms with Crippen molar-refractivity contribution in [1.29, 1.82) is 0 Å². The van der Waals surface area contributed by atoms with Crippen molar-refractivity contribution >= 4 is 32.5 Å². The van der Waals surface area contributed by atoms with E-state index >= 15 is 0 Å². The molecule has 0 amide bonds. The molecule has 0 aliphatic heterocycles. The first kappa shape index (κ1) is 26.7. The molecule has 3 aromatic carbocycles. The molecule has 2 heterocycles. The van der Waals surface area contributed by atoms with Crippen molar-refractivity contribution in [1.82, 2.24) is 15.0 Å². The van der Waals surface area contributed by atoms with Gasteiger partial charge >= 0.3 is 6.18 Å². The largest absolute Gasteiger partial charge is 0.416 e. The quantitative estimate of drug-likeness (QED) is 0.246. The lowest BCUT2D eigenvalue weighted by atomic mass is 10.0. The third-order valence-corrected chi connectivity index (χ3v) is 6.36. The maximum Gasteiger partial charge on any atom is 0.416 e. The molecule has 0 fully saturated rings. The number of aryl methyl sites for hydroxylation is 1. The highest BCUT2D eigenvalue weighted by Gasteiger charge is 2.29. The fourth-order valence-corrected chi connectivity index (χ4v) is 4.13. The first-order chi connectivity index (χ1) is 18.0. The number of alkyl halides is 3. The Morgan fingerprint density at radius 2 is 1.55 bits per heavy atom. The smallest absolute Gasteiger partial charge is 0.340 e.